The molecule has 0 saturated carbocycles. The smallest absolute Gasteiger partial charge is 0.364 e. The van der Waals surface area contributed by atoms with E-state index in [0.29, 0.717) is 0 Å². The molecule has 0 aliphatic rings. The summed E-state index contributed by atoms with van der Waals surface area (Å²) in [5, 5.41) is -0.373. The molecule has 0 bridgehead atoms. The van der Waals surface area contributed by atoms with Crippen LogP contribution >= 0.6 is 72.8 Å². The summed E-state index contributed by atoms with van der Waals surface area (Å²) in [6.45, 7) is 4.99. The molecular formula is C21H33N3O9S6. The van der Waals surface area contributed by atoms with Gasteiger partial charge < -0.3 is 26.8 Å². The van der Waals surface area contributed by atoms with Gasteiger partial charge in [-0.25, -0.2) is 28.1 Å². The maximum Gasteiger partial charge on any atom is 0.364 e. The first-order chi connectivity index (χ1) is 18.8. The molecular weight excluding hydrogens is 631 g/mol. The quantitative estimate of drug-likeness (QED) is 0.130. The lowest BCUT2D eigenvalue weighted by Crippen LogP contribution is -2.55. The maximum atomic E-state index is 13.1. The minimum atomic E-state index is -0.844. The van der Waals surface area contributed by atoms with Crippen molar-refractivity contribution in [2.45, 2.75) is 59.7 Å². The Bertz CT molecular complexity index is 929. The zero-order valence-electron chi connectivity index (χ0n) is 22.0. The van der Waals surface area contributed by atoms with Crippen LogP contribution in [-0.2, 0) is 46.4 Å². The number of hydrogen-bond acceptors (Lipinski definition) is 15. The summed E-state index contributed by atoms with van der Waals surface area (Å²) in [7, 11) is 0. The van der Waals surface area contributed by atoms with E-state index in [-0.39, 0.29) is 55.2 Å². The number of rotatable bonds is 18. The summed E-state index contributed by atoms with van der Waals surface area (Å²) < 4.78 is 34.0. The molecule has 0 aliphatic heterocycles. The minimum Gasteiger partial charge on any atom is -0.454 e. The molecule has 0 saturated heterocycles. The topological polar surface area (TPSA) is 121 Å². The Morgan fingerprint density at radius 2 is 0.821 bits per heavy atom. The van der Waals surface area contributed by atoms with Crippen LogP contribution in [0.1, 0.15) is 40.0 Å². The molecule has 0 amide bonds. The highest BCUT2D eigenvalue weighted by Gasteiger charge is 2.17. The molecule has 0 radical (unpaired) electrons. The minimum absolute atomic E-state index is 0.124. The fourth-order valence-electron chi connectivity index (χ4n) is 2.51. The van der Waals surface area contributed by atoms with Gasteiger partial charge in [0, 0.05) is 53.9 Å². The molecule has 12 nitrogen and oxygen atoms in total. The molecule has 0 unspecified atom stereocenters. The second-order valence-corrected chi connectivity index (χ2v) is 10.7. The van der Waals surface area contributed by atoms with Crippen molar-refractivity contribution in [1.82, 2.24) is 13.7 Å². The lowest BCUT2D eigenvalue weighted by molar-refractivity contribution is 0.218. The van der Waals surface area contributed by atoms with Gasteiger partial charge >= 0.3 is 32.8 Å². The molecule has 222 valence electrons. The molecule has 1 heterocycles. The molecule has 0 fully saturated rings. The second-order valence-electron chi connectivity index (χ2n) is 7.31. The number of ether oxygens (including phenoxy) is 3. The van der Waals surface area contributed by atoms with Crippen molar-refractivity contribution in [2.75, 3.05) is 37.1 Å². The van der Waals surface area contributed by atoms with Crippen molar-refractivity contribution in [1.29, 1.82) is 0 Å². The molecule has 39 heavy (non-hydrogen) atoms. The maximum absolute atomic E-state index is 13.1. The highest BCUT2D eigenvalue weighted by Crippen LogP contribution is 2.07. The van der Waals surface area contributed by atoms with E-state index in [1.165, 1.54) is 0 Å². The first kappa shape index (κ1) is 35.6. The van der Waals surface area contributed by atoms with Crippen LogP contribution in [0.2, 0.25) is 0 Å². The van der Waals surface area contributed by atoms with E-state index in [1.807, 2.05) is 20.8 Å². The van der Waals surface area contributed by atoms with E-state index in [1.54, 1.807) is 0 Å². The molecule has 0 atom stereocenters. The van der Waals surface area contributed by atoms with Gasteiger partial charge in [0.2, 0.25) is 0 Å². The van der Waals surface area contributed by atoms with Gasteiger partial charge in [-0.3, -0.25) is 0 Å². The van der Waals surface area contributed by atoms with Crippen LogP contribution in [0.4, 0.5) is 0 Å². The third-order valence-corrected chi connectivity index (χ3v) is 7.69. The highest BCUT2D eigenvalue weighted by molar-refractivity contribution is 7.96. The number of hydrogen-bond donors (Lipinski definition) is 0. The first-order valence-corrected chi connectivity index (χ1v) is 16.0. The highest BCUT2D eigenvalue weighted by atomic mass is 32.2. The van der Waals surface area contributed by atoms with E-state index in [0.717, 1.165) is 86.4 Å². The van der Waals surface area contributed by atoms with E-state index >= 15 is 0 Å². The molecule has 18 heteroatoms. The van der Waals surface area contributed by atoms with Crippen molar-refractivity contribution in [3.63, 3.8) is 0 Å². The average Bonchev–Trinajstić information content (AvgIpc) is 2.90. The van der Waals surface area contributed by atoms with Gasteiger partial charge in [-0.15, -0.1) is 0 Å². The molecule has 0 N–H and O–H groups in total. The lowest BCUT2D eigenvalue weighted by Gasteiger charge is -2.15. The van der Waals surface area contributed by atoms with Crippen molar-refractivity contribution < 1.29 is 26.8 Å². The van der Waals surface area contributed by atoms with Gasteiger partial charge in [-0.1, -0.05) is 20.8 Å². The molecule has 1 aromatic heterocycles. The summed E-state index contributed by atoms with van der Waals surface area (Å²) >= 11 is 18.4. The Kier molecular flexibility index (Phi) is 19.4. The van der Waals surface area contributed by atoms with E-state index < -0.39 is 17.1 Å². The summed E-state index contributed by atoms with van der Waals surface area (Å²) in [5.74, 6) is 2.17. The van der Waals surface area contributed by atoms with Gasteiger partial charge in [0.05, 0.1) is 55.8 Å². The molecule has 0 aliphatic carbocycles. The zero-order chi connectivity index (χ0) is 29.0. The predicted octanol–water partition coefficient (Wildman–Crippen LogP) is 3.30. The van der Waals surface area contributed by atoms with Gasteiger partial charge in [0.25, 0.3) is 0 Å². The summed E-state index contributed by atoms with van der Waals surface area (Å²) in [6, 6.07) is 0. The molecule has 1 rings (SSSR count). The van der Waals surface area contributed by atoms with Crippen LogP contribution in [0.25, 0.3) is 0 Å². The summed E-state index contributed by atoms with van der Waals surface area (Å²) in [5.41, 5.74) is -2.53. The van der Waals surface area contributed by atoms with Gasteiger partial charge in [0.1, 0.15) is 19.8 Å². The van der Waals surface area contributed by atoms with E-state index in [4.69, 9.17) is 63.4 Å². The third-order valence-electron chi connectivity index (χ3n) is 4.23. The second kappa shape index (κ2) is 21.3. The number of nitrogens with zero attached hydrogens (tertiary/aromatic N) is 3. The standard InChI is InChI=1S/C21H33N3O9S6/c1-4-13-37-31-19(34)28-10-7-22-16(25)23(8-11-29-20(35)32-38-14-5-2)18(27)24(17(22)26)9-12-30-21(36)33-39-15-6-3/h4-15H2,1-3H3. The Labute approximate surface area is 256 Å². The molecule has 0 spiro atoms. The largest absolute Gasteiger partial charge is 0.454 e. The van der Waals surface area contributed by atoms with Crippen molar-refractivity contribution in [3.05, 3.63) is 31.5 Å². The van der Waals surface area contributed by atoms with Crippen LogP contribution < -0.4 is 17.1 Å². The van der Waals surface area contributed by atoms with Crippen LogP contribution in [0, 0.1) is 0 Å². The Morgan fingerprint density at radius 3 is 1.05 bits per heavy atom. The predicted molar refractivity (Wildman–Crippen MR) is 166 cm³/mol. The number of aromatic nitrogens is 3. The van der Waals surface area contributed by atoms with Crippen LogP contribution in [0.3, 0.4) is 0 Å². The van der Waals surface area contributed by atoms with Crippen molar-refractivity contribution >= 4 is 88.5 Å². The SMILES string of the molecule is CCCSOC(=S)OCCn1c(=O)n(CCOC(=S)OSCCC)c(=O)n(CCOC(=S)OSCCC)c1=O. The summed E-state index contributed by atoms with van der Waals surface area (Å²) in [4.78, 5) is 39.2. The zero-order valence-corrected chi connectivity index (χ0v) is 26.8. The fraction of sp³-hybridized carbons (Fsp3) is 0.714. The van der Waals surface area contributed by atoms with E-state index in [9.17, 15) is 14.4 Å². The van der Waals surface area contributed by atoms with Crippen molar-refractivity contribution in [3.8, 4) is 0 Å². The van der Waals surface area contributed by atoms with E-state index in [2.05, 4.69) is 0 Å². The summed E-state index contributed by atoms with van der Waals surface area (Å²) in [6.07, 6.45) is 2.67. The molecule has 0 aromatic carbocycles. The normalized spacial score (nSPS) is 10.5. The van der Waals surface area contributed by atoms with Crippen LogP contribution in [0.5, 0.6) is 0 Å². The number of thiocarbonyl (C=S) groups is 3. The van der Waals surface area contributed by atoms with Crippen LogP contribution in [0.15, 0.2) is 14.4 Å². The monoisotopic (exact) mass is 663 g/mol. The average molecular weight is 664 g/mol. The third kappa shape index (κ3) is 14.1. The Morgan fingerprint density at radius 1 is 0.564 bits per heavy atom. The Balaban J connectivity index is 3.00. The Hall–Kier alpha value is -1.47. The van der Waals surface area contributed by atoms with Crippen molar-refractivity contribution in [2.24, 2.45) is 0 Å². The van der Waals surface area contributed by atoms with Crippen LogP contribution in [-0.4, -0.2) is 66.5 Å². The first-order valence-electron chi connectivity index (χ1n) is 12.1. The van der Waals surface area contributed by atoms with Gasteiger partial charge in [-0.05, 0) is 19.3 Å². The molecule has 1 aromatic rings. The fourth-order valence-corrected chi connectivity index (χ4v) is 4.37. The lowest BCUT2D eigenvalue weighted by atomic mass is 10.5. The van der Waals surface area contributed by atoms with Gasteiger partial charge in [0.15, 0.2) is 0 Å². The van der Waals surface area contributed by atoms with Gasteiger partial charge in [-0.2, -0.15) is 0 Å².